The topological polar surface area (TPSA) is 20.2 Å². The maximum absolute atomic E-state index is 9.55. The van der Waals surface area contributed by atoms with Gasteiger partial charge in [0.05, 0.1) is 4.90 Å². The Hall–Kier alpha value is -1.06. The molecule has 0 bridgehead atoms. The molecule has 0 saturated heterocycles. The summed E-state index contributed by atoms with van der Waals surface area (Å²) in [5, 5.41) is 9.55. The van der Waals surface area contributed by atoms with E-state index in [9.17, 15) is 5.11 Å². The first-order valence-electron chi connectivity index (χ1n) is 4.54. The van der Waals surface area contributed by atoms with Crippen molar-refractivity contribution < 1.29 is 5.11 Å². The number of aromatic hydroxyl groups is 1. The third kappa shape index (κ3) is 2.94. The maximum Gasteiger partial charge on any atom is 0.130 e. The first-order chi connectivity index (χ1) is 7.36. The van der Waals surface area contributed by atoms with Crippen molar-refractivity contribution in [2.24, 2.45) is 0 Å². The molecule has 0 aliphatic rings. The lowest BCUT2D eigenvalue weighted by Gasteiger charge is -2.02. The molecule has 0 aromatic heterocycles. The van der Waals surface area contributed by atoms with Crippen molar-refractivity contribution in [2.75, 3.05) is 0 Å². The molecular formula is C12H10OS2. The van der Waals surface area contributed by atoms with Crippen LogP contribution in [0.3, 0.4) is 0 Å². The van der Waals surface area contributed by atoms with Crippen LogP contribution >= 0.6 is 21.6 Å². The highest BCUT2D eigenvalue weighted by atomic mass is 33.1. The standard InChI is InChI=1S/C12H10OS2/c13-11-8-4-5-9-12(11)15-14-10-6-2-1-3-7-10/h1-9,13H. The Labute approximate surface area is 96.9 Å². The van der Waals surface area contributed by atoms with Crippen LogP contribution in [0, 0.1) is 0 Å². The summed E-state index contributed by atoms with van der Waals surface area (Å²) in [7, 11) is 3.21. The molecule has 3 heteroatoms. The van der Waals surface area contributed by atoms with Gasteiger partial charge in [-0.25, -0.2) is 0 Å². The summed E-state index contributed by atoms with van der Waals surface area (Å²) >= 11 is 0. The molecule has 1 nitrogen and oxygen atoms in total. The van der Waals surface area contributed by atoms with E-state index < -0.39 is 0 Å². The summed E-state index contributed by atoms with van der Waals surface area (Å²) < 4.78 is 0. The molecule has 0 aliphatic carbocycles. The van der Waals surface area contributed by atoms with E-state index in [0.717, 1.165) is 4.90 Å². The smallest absolute Gasteiger partial charge is 0.130 e. The fourth-order valence-corrected chi connectivity index (χ4v) is 3.15. The lowest BCUT2D eigenvalue weighted by Crippen LogP contribution is -1.70. The van der Waals surface area contributed by atoms with E-state index in [1.54, 1.807) is 27.7 Å². The summed E-state index contributed by atoms with van der Waals surface area (Å²) in [6.45, 7) is 0. The molecule has 0 saturated carbocycles. The largest absolute Gasteiger partial charge is 0.507 e. The maximum atomic E-state index is 9.55. The number of phenols is 1. The third-order valence-electron chi connectivity index (χ3n) is 1.84. The number of rotatable bonds is 3. The van der Waals surface area contributed by atoms with Crippen LogP contribution in [0.2, 0.25) is 0 Å². The van der Waals surface area contributed by atoms with Crippen LogP contribution in [0.4, 0.5) is 0 Å². The molecule has 2 rings (SSSR count). The van der Waals surface area contributed by atoms with Crippen LogP contribution in [0.1, 0.15) is 0 Å². The van der Waals surface area contributed by atoms with Gasteiger partial charge in [0, 0.05) is 4.90 Å². The monoisotopic (exact) mass is 234 g/mol. The van der Waals surface area contributed by atoms with Crippen LogP contribution in [0.25, 0.3) is 0 Å². The van der Waals surface area contributed by atoms with E-state index >= 15 is 0 Å². The zero-order valence-corrected chi connectivity index (χ0v) is 9.59. The highest BCUT2D eigenvalue weighted by Gasteiger charge is 2.01. The molecule has 0 unspecified atom stereocenters. The van der Waals surface area contributed by atoms with Crippen molar-refractivity contribution in [1.82, 2.24) is 0 Å². The average Bonchev–Trinajstić information content (AvgIpc) is 2.29. The first kappa shape index (κ1) is 10.5. The normalized spacial score (nSPS) is 10.1. The quantitative estimate of drug-likeness (QED) is 0.804. The van der Waals surface area contributed by atoms with Crippen molar-refractivity contribution in [3.05, 3.63) is 54.6 Å². The summed E-state index contributed by atoms with van der Waals surface area (Å²) in [5.74, 6) is 0.339. The highest BCUT2D eigenvalue weighted by Crippen LogP contribution is 2.40. The second-order valence-corrected chi connectivity index (χ2v) is 5.19. The number of para-hydroxylation sites is 1. The van der Waals surface area contributed by atoms with E-state index in [0.29, 0.717) is 5.75 Å². The van der Waals surface area contributed by atoms with Crippen molar-refractivity contribution in [3.63, 3.8) is 0 Å². The van der Waals surface area contributed by atoms with Gasteiger partial charge in [0.25, 0.3) is 0 Å². The first-order valence-corrected chi connectivity index (χ1v) is 6.69. The average molecular weight is 234 g/mol. The second-order valence-electron chi connectivity index (χ2n) is 2.95. The zero-order chi connectivity index (χ0) is 10.5. The molecule has 0 atom stereocenters. The van der Waals surface area contributed by atoms with Crippen molar-refractivity contribution in [2.45, 2.75) is 9.79 Å². The van der Waals surface area contributed by atoms with Crippen LogP contribution in [0.5, 0.6) is 5.75 Å². The van der Waals surface area contributed by atoms with Gasteiger partial charge < -0.3 is 5.11 Å². The molecule has 2 aromatic carbocycles. The molecular weight excluding hydrogens is 224 g/mol. The Bertz CT molecular complexity index is 429. The van der Waals surface area contributed by atoms with E-state index in [1.165, 1.54) is 4.90 Å². The molecule has 15 heavy (non-hydrogen) atoms. The van der Waals surface area contributed by atoms with Crippen LogP contribution in [-0.4, -0.2) is 5.11 Å². The molecule has 0 amide bonds. The molecule has 0 radical (unpaired) electrons. The summed E-state index contributed by atoms with van der Waals surface area (Å²) in [4.78, 5) is 2.08. The lowest BCUT2D eigenvalue weighted by atomic mass is 10.3. The van der Waals surface area contributed by atoms with E-state index in [-0.39, 0.29) is 0 Å². The Kier molecular flexibility index (Phi) is 3.59. The summed E-state index contributed by atoms with van der Waals surface area (Å²) in [6.07, 6.45) is 0. The van der Waals surface area contributed by atoms with E-state index in [2.05, 4.69) is 12.1 Å². The van der Waals surface area contributed by atoms with Gasteiger partial charge in [0.15, 0.2) is 0 Å². The van der Waals surface area contributed by atoms with Gasteiger partial charge in [-0.2, -0.15) is 0 Å². The molecule has 2 aromatic rings. The van der Waals surface area contributed by atoms with Crippen molar-refractivity contribution in [1.29, 1.82) is 0 Å². The van der Waals surface area contributed by atoms with Gasteiger partial charge in [-0.15, -0.1) is 0 Å². The van der Waals surface area contributed by atoms with Gasteiger partial charge in [-0.05, 0) is 35.1 Å². The minimum atomic E-state index is 0.339. The predicted molar refractivity (Wildman–Crippen MR) is 66.3 cm³/mol. The van der Waals surface area contributed by atoms with Crippen molar-refractivity contribution >= 4 is 21.6 Å². The Morgan fingerprint density at radius 3 is 2.13 bits per heavy atom. The van der Waals surface area contributed by atoms with Crippen LogP contribution in [-0.2, 0) is 0 Å². The molecule has 1 N–H and O–H groups in total. The van der Waals surface area contributed by atoms with Gasteiger partial charge >= 0.3 is 0 Å². The zero-order valence-electron chi connectivity index (χ0n) is 7.96. The van der Waals surface area contributed by atoms with E-state index in [4.69, 9.17) is 0 Å². The molecule has 0 spiro atoms. The molecule has 0 heterocycles. The Morgan fingerprint density at radius 2 is 1.40 bits per heavy atom. The summed E-state index contributed by atoms with van der Waals surface area (Å²) in [6, 6.07) is 17.5. The van der Waals surface area contributed by atoms with Crippen LogP contribution < -0.4 is 0 Å². The minimum absolute atomic E-state index is 0.339. The SMILES string of the molecule is Oc1ccccc1SSc1ccccc1. The molecule has 0 aliphatic heterocycles. The molecule has 76 valence electrons. The summed E-state index contributed by atoms with van der Waals surface area (Å²) in [5.41, 5.74) is 0. The predicted octanol–water partition coefficient (Wildman–Crippen LogP) is 4.19. The number of hydrogen-bond donors (Lipinski definition) is 1. The number of benzene rings is 2. The van der Waals surface area contributed by atoms with Gasteiger partial charge in [0.1, 0.15) is 5.75 Å². The Balaban J connectivity index is 2.03. The minimum Gasteiger partial charge on any atom is -0.507 e. The van der Waals surface area contributed by atoms with Crippen LogP contribution in [0.15, 0.2) is 64.4 Å². The number of hydrogen-bond acceptors (Lipinski definition) is 3. The highest BCUT2D eigenvalue weighted by molar-refractivity contribution is 8.76. The van der Waals surface area contributed by atoms with Gasteiger partial charge in [-0.3, -0.25) is 0 Å². The fraction of sp³-hybridized carbons (Fsp3) is 0. The van der Waals surface area contributed by atoms with Gasteiger partial charge in [0.2, 0.25) is 0 Å². The molecule has 0 fully saturated rings. The number of phenolic OH excluding ortho intramolecular Hbond substituents is 1. The second kappa shape index (κ2) is 5.14. The lowest BCUT2D eigenvalue weighted by molar-refractivity contribution is 0.462. The van der Waals surface area contributed by atoms with E-state index in [1.807, 2.05) is 36.4 Å². The van der Waals surface area contributed by atoms with Crippen molar-refractivity contribution in [3.8, 4) is 5.75 Å². The van der Waals surface area contributed by atoms with Gasteiger partial charge in [-0.1, -0.05) is 41.1 Å². The fourth-order valence-electron chi connectivity index (χ4n) is 1.10. The third-order valence-corrected chi connectivity index (χ3v) is 4.27. The Morgan fingerprint density at radius 1 is 0.733 bits per heavy atom.